The number of hydrogen-bond donors (Lipinski definition) is 0. The molecule has 0 fully saturated rings. The Bertz CT molecular complexity index is 307. The molecule has 0 bridgehead atoms. The minimum Gasteiger partial charge on any atom is -0.250 e. The van der Waals surface area contributed by atoms with Gasteiger partial charge in [0.1, 0.15) is 0 Å². The smallest absolute Gasteiger partial charge is 0.0998 e. The first kappa shape index (κ1) is 10.3. The third-order valence-electron chi connectivity index (χ3n) is 1.91. The fourth-order valence-electron chi connectivity index (χ4n) is 1.11. The number of rotatable bonds is 3. The maximum atomic E-state index is 12.4. The van der Waals surface area contributed by atoms with Gasteiger partial charge in [0.05, 0.1) is 11.7 Å². The standard InChI is InChI=1S/C11H11ClF/c1-3-9-5-4-6-10(11(9)12)8(2)7-13/h3-6H,1,7H2,2H3. The Morgan fingerprint density at radius 3 is 2.85 bits per heavy atom. The Kier molecular flexibility index (Phi) is 3.49. The molecule has 0 atom stereocenters. The van der Waals surface area contributed by atoms with Crippen molar-refractivity contribution in [3.8, 4) is 0 Å². The number of alkyl halides is 1. The maximum absolute atomic E-state index is 12.4. The summed E-state index contributed by atoms with van der Waals surface area (Å²) in [5.41, 5.74) is 1.61. The van der Waals surface area contributed by atoms with Crippen molar-refractivity contribution in [1.29, 1.82) is 0 Å². The van der Waals surface area contributed by atoms with Crippen LogP contribution in [0.25, 0.3) is 6.08 Å². The van der Waals surface area contributed by atoms with Crippen LogP contribution in [-0.2, 0) is 0 Å². The molecule has 0 spiro atoms. The summed E-state index contributed by atoms with van der Waals surface area (Å²) in [5.74, 6) is 0.647. The highest BCUT2D eigenvalue weighted by atomic mass is 35.5. The Balaban J connectivity index is 3.15. The zero-order valence-electron chi connectivity index (χ0n) is 7.48. The molecule has 0 amide bonds. The third-order valence-corrected chi connectivity index (χ3v) is 2.33. The first-order chi connectivity index (χ1) is 6.20. The van der Waals surface area contributed by atoms with Crippen LogP contribution in [0.1, 0.15) is 18.1 Å². The lowest BCUT2D eigenvalue weighted by Gasteiger charge is -2.10. The van der Waals surface area contributed by atoms with Crippen LogP contribution in [0.4, 0.5) is 4.39 Å². The molecule has 1 radical (unpaired) electrons. The Labute approximate surface area is 83.0 Å². The van der Waals surface area contributed by atoms with Crippen LogP contribution in [0.15, 0.2) is 24.8 Å². The highest BCUT2D eigenvalue weighted by Crippen LogP contribution is 2.27. The van der Waals surface area contributed by atoms with E-state index in [9.17, 15) is 4.39 Å². The minimum atomic E-state index is -0.472. The van der Waals surface area contributed by atoms with E-state index in [1.807, 2.05) is 18.2 Å². The first-order valence-electron chi connectivity index (χ1n) is 4.00. The summed E-state index contributed by atoms with van der Waals surface area (Å²) in [7, 11) is 0. The zero-order chi connectivity index (χ0) is 9.84. The van der Waals surface area contributed by atoms with Crippen LogP contribution in [0.2, 0.25) is 5.02 Å². The van der Waals surface area contributed by atoms with Gasteiger partial charge >= 0.3 is 0 Å². The van der Waals surface area contributed by atoms with Crippen molar-refractivity contribution in [2.45, 2.75) is 6.92 Å². The summed E-state index contributed by atoms with van der Waals surface area (Å²) in [5, 5.41) is 0.577. The van der Waals surface area contributed by atoms with Crippen LogP contribution >= 0.6 is 11.6 Å². The minimum absolute atomic E-state index is 0.472. The first-order valence-corrected chi connectivity index (χ1v) is 4.38. The van der Waals surface area contributed by atoms with Gasteiger partial charge in [0, 0.05) is 5.92 Å². The molecular formula is C11H11ClF. The van der Waals surface area contributed by atoms with Crippen LogP contribution in [0.5, 0.6) is 0 Å². The monoisotopic (exact) mass is 197 g/mol. The number of hydrogen-bond acceptors (Lipinski definition) is 0. The van der Waals surface area contributed by atoms with E-state index in [2.05, 4.69) is 6.58 Å². The van der Waals surface area contributed by atoms with Crippen molar-refractivity contribution in [2.75, 3.05) is 6.67 Å². The summed E-state index contributed by atoms with van der Waals surface area (Å²) in [6.07, 6.45) is 1.66. The Morgan fingerprint density at radius 1 is 1.62 bits per heavy atom. The summed E-state index contributed by atoms with van der Waals surface area (Å²) in [4.78, 5) is 0. The van der Waals surface area contributed by atoms with Crippen molar-refractivity contribution < 1.29 is 4.39 Å². The molecule has 0 heterocycles. The molecule has 0 aliphatic carbocycles. The molecule has 69 valence electrons. The van der Waals surface area contributed by atoms with E-state index < -0.39 is 6.67 Å². The van der Waals surface area contributed by atoms with Gasteiger partial charge in [-0.2, -0.15) is 0 Å². The SMILES string of the molecule is C=Cc1cccc([C](C)CF)c1Cl. The lowest BCUT2D eigenvalue weighted by Crippen LogP contribution is -1.98. The lowest BCUT2D eigenvalue weighted by atomic mass is 10.00. The number of halogens is 2. The highest BCUT2D eigenvalue weighted by Gasteiger charge is 2.11. The van der Waals surface area contributed by atoms with Gasteiger partial charge in [-0.1, -0.05) is 49.4 Å². The van der Waals surface area contributed by atoms with E-state index in [4.69, 9.17) is 11.6 Å². The van der Waals surface area contributed by atoms with Crippen LogP contribution in [-0.4, -0.2) is 6.67 Å². The van der Waals surface area contributed by atoms with Gasteiger partial charge in [0.25, 0.3) is 0 Å². The lowest BCUT2D eigenvalue weighted by molar-refractivity contribution is 0.516. The number of benzene rings is 1. The predicted molar refractivity (Wildman–Crippen MR) is 55.5 cm³/mol. The Hall–Kier alpha value is -0.820. The molecule has 2 heteroatoms. The molecular weight excluding hydrogens is 187 g/mol. The normalized spacial score (nSPS) is 10.5. The van der Waals surface area contributed by atoms with Gasteiger partial charge < -0.3 is 0 Å². The van der Waals surface area contributed by atoms with Gasteiger partial charge in [-0.3, -0.25) is 4.39 Å². The summed E-state index contributed by atoms with van der Waals surface area (Å²) < 4.78 is 12.4. The van der Waals surface area contributed by atoms with Gasteiger partial charge in [-0.05, 0) is 11.1 Å². The van der Waals surface area contributed by atoms with Crippen molar-refractivity contribution in [3.05, 3.63) is 46.8 Å². The fourth-order valence-corrected chi connectivity index (χ4v) is 1.47. The van der Waals surface area contributed by atoms with E-state index in [0.29, 0.717) is 10.9 Å². The summed E-state index contributed by atoms with van der Waals surface area (Å²) >= 11 is 6.02. The van der Waals surface area contributed by atoms with Gasteiger partial charge in [-0.15, -0.1) is 0 Å². The van der Waals surface area contributed by atoms with Crippen LogP contribution in [0, 0.1) is 5.92 Å². The van der Waals surface area contributed by atoms with E-state index >= 15 is 0 Å². The molecule has 1 aromatic rings. The molecule has 0 aliphatic rings. The van der Waals surface area contributed by atoms with Crippen molar-refractivity contribution in [1.82, 2.24) is 0 Å². The van der Waals surface area contributed by atoms with Gasteiger partial charge in [-0.25, -0.2) is 0 Å². The van der Waals surface area contributed by atoms with Gasteiger partial charge in [0.15, 0.2) is 0 Å². The molecule has 0 aromatic heterocycles. The largest absolute Gasteiger partial charge is 0.250 e. The second-order valence-corrected chi connectivity index (χ2v) is 3.20. The predicted octanol–water partition coefficient (Wildman–Crippen LogP) is 3.89. The maximum Gasteiger partial charge on any atom is 0.0998 e. The molecule has 0 N–H and O–H groups in total. The summed E-state index contributed by atoms with van der Waals surface area (Å²) in [6.45, 7) is 4.89. The van der Waals surface area contributed by atoms with Crippen LogP contribution in [0.3, 0.4) is 0 Å². The molecule has 1 rings (SSSR count). The quantitative estimate of drug-likeness (QED) is 0.690. The third kappa shape index (κ3) is 2.10. The molecule has 0 saturated heterocycles. The zero-order valence-corrected chi connectivity index (χ0v) is 8.24. The average molecular weight is 198 g/mol. The topological polar surface area (TPSA) is 0 Å². The molecule has 0 unspecified atom stereocenters. The highest BCUT2D eigenvalue weighted by molar-refractivity contribution is 6.33. The molecule has 0 saturated carbocycles. The molecule has 0 nitrogen and oxygen atoms in total. The van der Waals surface area contributed by atoms with Crippen molar-refractivity contribution >= 4 is 17.7 Å². The van der Waals surface area contributed by atoms with E-state index in [0.717, 1.165) is 11.1 Å². The van der Waals surface area contributed by atoms with Crippen LogP contribution < -0.4 is 0 Å². The second kappa shape index (κ2) is 4.43. The Morgan fingerprint density at radius 2 is 2.31 bits per heavy atom. The van der Waals surface area contributed by atoms with E-state index in [1.165, 1.54) is 0 Å². The van der Waals surface area contributed by atoms with E-state index in [-0.39, 0.29) is 0 Å². The molecule has 0 aliphatic heterocycles. The van der Waals surface area contributed by atoms with Crippen molar-refractivity contribution in [3.63, 3.8) is 0 Å². The second-order valence-electron chi connectivity index (χ2n) is 2.83. The van der Waals surface area contributed by atoms with Crippen molar-refractivity contribution in [2.24, 2.45) is 0 Å². The fraction of sp³-hybridized carbons (Fsp3) is 0.182. The summed E-state index contributed by atoms with van der Waals surface area (Å²) in [6, 6.07) is 5.51. The van der Waals surface area contributed by atoms with Gasteiger partial charge in [0.2, 0.25) is 0 Å². The average Bonchev–Trinajstić information content (AvgIpc) is 2.17. The van der Waals surface area contributed by atoms with E-state index in [1.54, 1.807) is 13.0 Å². The molecule has 1 aromatic carbocycles. The molecule has 13 heavy (non-hydrogen) atoms.